The van der Waals surface area contributed by atoms with Crippen molar-refractivity contribution in [1.82, 2.24) is 4.90 Å². The zero-order chi connectivity index (χ0) is 13.0. The van der Waals surface area contributed by atoms with E-state index in [1.165, 1.54) is 0 Å². The lowest BCUT2D eigenvalue weighted by Gasteiger charge is -2.19. The molecule has 0 aromatic heterocycles. The third-order valence-corrected chi connectivity index (χ3v) is 3.72. The second-order valence-electron chi connectivity index (χ2n) is 4.54. The highest BCUT2D eigenvalue weighted by Gasteiger charge is 2.23. The van der Waals surface area contributed by atoms with Crippen molar-refractivity contribution >= 4 is 27.6 Å². The Hall–Kier alpha value is -1.16. The molecule has 4 heteroatoms. The number of likely N-dealkylation sites (tertiary alicyclic amines) is 1. The van der Waals surface area contributed by atoms with E-state index in [1.807, 2.05) is 0 Å². The van der Waals surface area contributed by atoms with E-state index in [4.69, 9.17) is 0 Å². The lowest BCUT2D eigenvalue weighted by Crippen LogP contribution is -2.37. The first-order chi connectivity index (χ1) is 8.68. The van der Waals surface area contributed by atoms with Crippen LogP contribution >= 0.6 is 15.9 Å². The fourth-order valence-corrected chi connectivity index (χ4v) is 2.41. The fraction of sp³-hybridized carbons (Fsp3) is 0.429. The molecule has 1 aromatic rings. The number of carbonyl (C=O) groups excluding carboxylic acids is 2. The number of Topliss-reactive ketones (excluding diaryl/α,β-unsaturated/α-hetero) is 1. The van der Waals surface area contributed by atoms with Crippen LogP contribution in [0, 0.1) is 0 Å². The molecule has 0 N–H and O–H groups in total. The normalized spacial score (nSPS) is 16.2. The zero-order valence-corrected chi connectivity index (χ0v) is 11.8. The first-order valence-electron chi connectivity index (χ1n) is 6.27. The minimum absolute atomic E-state index is 0.362. The molecule has 0 atom stereocenters. The Morgan fingerprint density at radius 2 is 1.50 bits per heavy atom. The van der Waals surface area contributed by atoms with Crippen molar-refractivity contribution in [2.24, 2.45) is 0 Å². The highest BCUT2D eigenvalue weighted by atomic mass is 79.9. The van der Waals surface area contributed by atoms with Crippen molar-refractivity contribution in [1.29, 1.82) is 0 Å². The highest BCUT2D eigenvalue weighted by Crippen LogP contribution is 2.14. The van der Waals surface area contributed by atoms with Gasteiger partial charge >= 0.3 is 0 Å². The molecule has 18 heavy (non-hydrogen) atoms. The van der Waals surface area contributed by atoms with Gasteiger partial charge in [-0.3, -0.25) is 9.59 Å². The van der Waals surface area contributed by atoms with Gasteiger partial charge in [0.25, 0.3) is 5.91 Å². The summed E-state index contributed by atoms with van der Waals surface area (Å²) in [4.78, 5) is 25.9. The zero-order valence-electron chi connectivity index (χ0n) is 10.2. The predicted molar refractivity (Wildman–Crippen MR) is 73.5 cm³/mol. The Morgan fingerprint density at radius 1 is 0.944 bits per heavy atom. The summed E-state index contributed by atoms with van der Waals surface area (Å²) in [5, 5.41) is 0. The Balaban J connectivity index is 2.07. The minimum atomic E-state index is -0.399. The summed E-state index contributed by atoms with van der Waals surface area (Å²) in [6.45, 7) is 1.42. The summed E-state index contributed by atoms with van der Waals surface area (Å²) in [6.07, 6.45) is 4.30. The molecule has 1 aromatic carbocycles. The summed E-state index contributed by atoms with van der Waals surface area (Å²) in [7, 11) is 0. The van der Waals surface area contributed by atoms with Crippen molar-refractivity contribution in [3.05, 3.63) is 34.3 Å². The van der Waals surface area contributed by atoms with Crippen LogP contribution in [0.4, 0.5) is 0 Å². The predicted octanol–water partition coefficient (Wildman–Crippen LogP) is 3.03. The van der Waals surface area contributed by atoms with Crippen LogP contribution in [0.15, 0.2) is 28.7 Å². The van der Waals surface area contributed by atoms with E-state index in [9.17, 15) is 9.59 Å². The lowest BCUT2D eigenvalue weighted by molar-refractivity contribution is -0.126. The molecule has 1 saturated heterocycles. The lowest BCUT2D eigenvalue weighted by atomic mass is 10.1. The molecule has 1 heterocycles. The number of amides is 1. The number of hydrogen-bond acceptors (Lipinski definition) is 2. The molecule has 3 nitrogen and oxygen atoms in total. The second kappa shape index (κ2) is 6.14. The number of carbonyl (C=O) groups is 2. The van der Waals surface area contributed by atoms with Crippen LogP contribution in [0.25, 0.3) is 0 Å². The standard InChI is InChI=1S/C14H16BrNO2/c15-12-7-5-11(6-8-12)13(17)14(18)16-9-3-1-2-4-10-16/h5-8H,1-4,9-10H2. The van der Waals surface area contributed by atoms with Gasteiger partial charge in [-0.05, 0) is 37.1 Å². The third kappa shape index (κ3) is 3.19. The summed E-state index contributed by atoms with van der Waals surface area (Å²) < 4.78 is 0.904. The fourth-order valence-electron chi connectivity index (χ4n) is 2.14. The Labute approximate surface area is 115 Å². The van der Waals surface area contributed by atoms with Crippen molar-refractivity contribution < 1.29 is 9.59 Å². The van der Waals surface area contributed by atoms with Crippen molar-refractivity contribution in [2.75, 3.05) is 13.1 Å². The van der Waals surface area contributed by atoms with Gasteiger partial charge in [0.2, 0.25) is 5.78 Å². The van der Waals surface area contributed by atoms with Crippen LogP contribution in [-0.4, -0.2) is 29.7 Å². The van der Waals surface area contributed by atoms with E-state index in [0.717, 1.165) is 30.2 Å². The SMILES string of the molecule is O=C(C(=O)N1CCCCCC1)c1ccc(Br)cc1. The topological polar surface area (TPSA) is 37.4 Å². The largest absolute Gasteiger partial charge is 0.336 e. The van der Waals surface area contributed by atoms with E-state index >= 15 is 0 Å². The van der Waals surface area contributed by atoms with Gasteiger partial charge in [-0.1, -0.05) is 28.8 Å². The van der Waals surface area contributed by atoms with Gasteiger partial charge in [-0.2, -0.15) is 0 Å². The number of rotatable bonds is 2. The summed E-state index contributed by atoms with van der Waals surface area (Å²) >= 11 is 3.31. The highest BCUT2D eigenvalue weighted by molar-refractivity contribution is 9.10. The van der Waals surface area contributed by atoms with Gasteiger partial charge in [0.15, 0.2) is 0 Å². The van der Waals surface area contributed by atoms with Gasteiger partial charge in [0.1, 0.15) is 0 Å². The van der Waals surface area contributed by atoms with E-state index in [1.54, 1.807) is 29.2 Å². The van der Waals surface area contributed by atoms with E-state index < -0.39 is 5.78 Å². The Bertz CT molecular complexity index is 434. The maximum Gasteiger partial charge on any atom is 0.294 e. The smallest absolute Gasteiger partial charge is 0.294 e. The molecule has 0 saturated carbocycles. The molecule has 0 bridgehead atoms. The quantitative estimate of drug-likeness (QED) is 0.622. The third-order valence-electron chi connectivity index (χ3n) is 3.19. The minimum Gasteiger partial charge on any atom is -0.336 e. The van der Waals surface area contributed by atoms with Gasteiger partial charge in [0.05, 0.1) is 0 Å². The van der Waals surface area contributed by atoms with Crippen LogP contribution in [0.5, 0.6) is 0 Å². The van der Waals surface area contributed by atoms with Gasteiger partial charge < -0.3 is 4.90 Å². The van der Waals surface area contributed by atoms with E-state index in [-0.39, 0.29) is 5.91 Å². The molecular weight excluding hydrogens is 294 g/mol. The molecular formula is C14H16BrNO2. The second-order valence-corrected chi connectivity index (χ2v) is 5.46. The number of halogens is 1. The summed E-state index contributed by atoms with van der Waals surface area (Å²) in [5.74, 6) is -0.761. The van der Waals surface area contributed by atoms with Crippen LogP contribution < -0.4 is 0 Å². The molecule has 1 aliphatic heterocycles. The summed E-state index contributed by atoms with van der Waals surface area (Å²) in [5.41, 5.74) is 0.465. The average molecular weight is 310 g/mol. The van der Waals surface area contributed by atoms with Gasteiger partial charge in [-0.15, -0.1) is 0 Å². The van der Waals surface area contributed by atoms with Crippen molar-refractivity contribution in [3.8, 4) is 0 Å². The molecule has 1 fully saturated rings. The maximum atomic E-state index is 12.1. The number of nitrogens with zero attached hydrogens (tertiary/aromatic N) is 1. The van der Waals surface area contributed by atoms with E-state index in [2.05, 4.69) is 15.9 Å². The van der Waals surface area contributed by atoms with Crippen LogP contribution in [0.3, 0.4) is 0 Å². The Morgan fingerprint density at radius 3 is 2.06 bits per heavy atom. The van der Waals surface area contributed by atoms with Crippen LogP contribution in [0.2, 0.25) is 0 Å². The molecule has 96 valence electrons. The van der Waals surface area contributed by atoms with Gasteiger partial charge in [-0.25, -0.2) is 0 Å². The van der Waals surface area contributed by atoms with Crippen molar-refractivity contribution in [2.45, 2.75) is 25.7 Å². The molecule has 0 radical (unpaired) electrons. The molecule has 0 spiro atoms. The molecule has 1 aliphatic rings. The number of hydrogen-bond donors (Lipinski definition) is 0. The number of ketones is 1. The first kappa shape index (κ1) is 13.3. The summed E-state index contributed by atoms with van der Waals surface area (Å²) in [6, 6.07) is 6.93. The van der Waals surface area contributed by atoms with E-state index in [0.29, 0.717) is 18.7 Å². The monoisotopic (exact) mass is 309 g/mol. The average Bonchev–Trinajstić information content (AvgIpc) is 2.67. The van der Waals surface area contributed by atoms with Gasteiger partial charge in [0, 0.05) is 23.1 Å². The molecule has 0 unspecified atom stereocenters. The first-order valence-corrected chi connectivity index (χ1v) is 7.07. The Kier molecular flexibility index (Phi) is 4.53. The number of benzene rings is 1. The molecule has 2 rings (SSSR count). The van der Waals surface area contributed by atoms with Crippen LogP contribution in [-0.2, 0) is 4.79 Å². The van der Waals surface area contributed by atoms with Crippen molar-refractivity contribution in [3.63, 3.8) is 0 Å². The maximum absolute atomic E-state index is 12.1. The molecule has 0 aliphatic carbocycles. The molecule has 1 amide bonds. The van der Waals surface area contributed by atoms with Crippen LogP contribution in [0.1, 0.15) is 36.0 Å².